The zero-order valence-corrected chi connectivity index (χ0v) is 11.9. The molecule has 0 unspecified atom stereocenters. The Morgan fingerprint density at radius 3 is 2.85 bits per heavy atom. The molecule has 0 aliphatic rings. The molecule has 0 radical (unpaired) electrons. The minimum absolute atomic E-state index is 0.0392. The molecule has 2 N–H and O–H groups in total. The molecule has 2 aromatic rings. The number of fused-ring (bicyclic) bond motifs is 1. The number of aromatic nitrogens is 2. The Balaban J connectivity index is 2.42. The van der Waals surface area contributed by atoms with Crippen molar-refractivity contribution >= 4 is 39.3 Å². The number of esters is 1. The minimum Gasteiger partial charge on any atom is -0.465 e. The molecular weight excluding hydrogens is 302 g/mol. The number of thioether (sulfide) groups is 1. The van der Waals surface area contributed by atoms with Crippen molar-refractivity contribution in [1.29, 1.82) is 5.26 Å². The molecule has 9 heteroatoms. The lowest BCUT2D eigenvalue weighted by Crippen LogP contribution is -2.20. The molecule has 0 saturated heterocycles. The van der Waals surface area contributed by atoms with Crippen molar-refractivity contribution in [3.05, 3.63) is 26.4 Å². The fourth-order valence-corrected chi connectivity index (χ4v) is 3.65. The first-order valence-electron chi connectivity index (χ1n) is 5.54. The number of ether oxygens (including phenoxy) is 1. The number of carbonyl (C=O) groups excluding carboxylic acids is 1. The number of nitrogens with one attached hydrogen (secondary N) is 2. The van der Waals surface area contributed by atoms with Gasteiger partial charge >= 0.3 is 11.7 Å². The van der Waals surface area contributed by atoms with Gasteiger partial charge in [-0.3, -0.25) is 14.6 Å². The second-order valence-electron chi connectivity index (χ2n) is 3.58. The third-order valence-corrected chi connectivity index (χ3v) is 4.72. The van der Waals surface area contributed by atoms with Crippen molar-refractivity contribution < 1.29 is 9.53 Å². The largest absolute Gasteiger partial charge is 0.465 e. The van der Waals surface area contributed by atoms with Crippen molar-refractivity contribution in [3.8, 4) is 6.07 Å². The van der Waals surface area contributed by atoms with Crippen LogP contribution in [0, 0.1) is 11.3 Å². The number of carbonyl (C=O) groups is 1. The van der Waals surface area contributed by atoms with E-state index in [0.29, 0.717) is 4.21 Å². The number of thiophene rings is 1. The van der Waals surface area contributed by atoms with Gasteiger partial charge < -0.3 is 9.72 Å². The van der Waals surface area contributed by atoms with E-state index < -0.39 is 17.2 Å². The number of hydrogen-bond acceptors (Lipinski definition) is 7. The molecule has 20 heavy (non-hydrogen) atoms. The molecule has 2 aromatic heterocycles. The summed E-state index contributed by atoms with van der Waals surface area (Å²) in [6.45, 7) is 1.98. The highest BCUT2D eigenvalue weighted by atomic mass is 32.2. The minimum atomic E-state index is -0.668. The van der Waals surface area contributed by atoms with Crippen LogP contribution in [0.25, 0.3) is 10.2 Å². The van der Waals surface area contributed by atoms with Crippen molar-refractivity contribution in [2.24, 2.45) is 0 Å². The fourth-order valence-electron chi connectivity index (χ4n) is 1.52. The first-order valence-corrected chi connectivity index (χ1v) is 7.34. The molecule has 0 aromatic carbocycles. The number of aromatic amines is 2. The summed E-state index contributed by atoms with van der Waals surface area (Å²) < 4.78 is 5.55. The van der Waals surface area contributed by atoms with Crippen LogP contribution in [0.2, 0.25) is 0 Å². The van der Waals surface area contributed by atoms with E-state index in [4.69, 9.17) is 10.00 Å². The molecule has 7 nitrogen and oxygen atoms in total. The van der Waals surface area contributed by atoms with Crippen LogP contribution in [0.3, 0.4) is 0 Å². The van der Waals surface area contributed by atoms with Crippen molar-refractivity contribution in [1.82, 2.24) is 9.97 Å². The van der Waals surface area contributed by atoms with E-state index in [-0.39, 0.29) is 28.1 Å². The predicted octanol–water partition coefficient (Wildman–Crippen LogP) is 0.805. The molecule has 2 rings (SSSR count). The molecule has 2 heterocycles. The molecule has 0 saturated carbocycles. The summed E-state index contributed by atoms with van der Waals surface area (Å²) in [5.74, 6) is -0.362. The SMILES string of the molecule is CCOC(=O)CSc1sc2c(=O)[nH]c(=O)[nH]c2c1C#N. The standard InChI is InChI=1S/C11H9N3O4S2/c1-2-18-6(15)4-19-10-5(3-12)7-8(20-10)9(16)14-11(17)13-7/h2,4H2,1H3,(H2,13,14,16,17). The Hall–Kier alpha value is -2.05. The Kier molecular flexibility index (Phi) is 4.26. The number of nitrogens with zero attached hydrogens (tertiary/aromatic N) is 1. The summed E-state index contributed by atoms with van der Waals surface area (Å²) in [4.78, 5) is 38.7. The van der Waals surface area contributed by atoms with Crippen LogP contribution in [0.4, 0.5) is 0 Å². The maximum absolute atomic E-state index is 11.6. The molecule has 0 bridgehead atoms. The zero-order chi connectivity index (χ0) is 14.7. The van der Waals surface area contributed by atoms with Crippen LogP contribution in [0.1, 0.15) is 12.5 Å². The first-order chi connectivity index (χ1) is 9.56. The van der Waals surface area contributed by atoms with Gasteiger partial charge in [0.1, 0.15) is 16.3 Å². The lowest BCUT2D eigenvalue weighted by molar-refractivity contribution is -0.139. The molecule has 0 aliphatic heterocycles. The highest BCUT2D eigenvalue weighted by Gasteiger charge is 2.17. The van der Waals surface area contributed by atoms with Gasteiger partial charge in [0.2, 0.25) is 0 Å². The van der Waals surface area contributed by atoms with Gasteiger partial charge in [0.25, 0.3) is 5.56 Å². The topological polar surface area (TPSA) is 116 Å². The number of nitriles is 1. The highest BCUT2D eigenvalue weighted by Crippen LogP contribution is 2.34. The Morgan fingerprint density at radius 2 is 2.20 bits per heavy atom. The zero-order valence-electron chi connectivity index (χ0n) is 10.3. The van der Waals surface area contributed by atoms with Crippen LogP contribution in [-0.2, 0) is 9.53 Å². The lowest BCUT2D eigenvalue weighted by Gasteiger charge is -1.99. The van der Waals surface area contributed by atoms with Crippen molar-refractivity contribution in [2.45, 2.75) is 11.1 Å². The molecule has 0 fully saturated rings. The molecule has 104 valence electrons. The van der Waals surface area contributed by atoms with Crippen LogP contribution in [0.5, 0.6) is 0 Å². The second-order valence-corrected chi connectivity index (χ2v) is 5.85. The third kappa shape index (κ3) is 2.76. The highest BCUT2D eigenvalue weighted by molar-refractivity contribution is 8.01. The van der Waals surface area contributed by atoms with E-state index >= 15 is 0 Å². The van der Waals surface area contributed by atoms with Crippen LogP contribution in [-0.4, -0.2) is 28.3 Å². The normalized spacial score (nSPS) is 10.4. The van der Waals surface area contributed by atoms with Crippen LogP contribution in [0.15, 0.2) is 13.8 Å². The van der Waals surface area contributed by atoms with Crippen LogP contribution >= 0.6 is 23.1 Å². The maximum atomic E-state index is 11.6. The van der Waals surface area contributed by atoms with Crippen LogP contribution < -0.4 is 11.2 Å². The fraction of sp³-hybridized carbons (Fsp3) is 0.273. The average Bonchev–Trinajstić information content (AvgIpc) is 2.74. The molecular formula is C11H9N3O4S2. The van der Waals surface area contributed by atoms with Gasteiger partial charge in [0.05, 0.1) is 22.1 Å². The van der Waals surface area contributed by atoms with E-state index in [1.54, 1.807) is 6.92 Å². The van der Waals surface area contributed by atoms with E-state index in [9.17, 15) is 14.4 Å². The second kappa shape index (κ2) is 5.94. The summed E-state index contributed by atoms with van der Waals surface area (Å²) in [5.41, 5.74) is -0.813. The van der Waals surface area contributed by atoms with E-state index in [1.807, 2.05) is 6.07 Å². The third-order valence-electron chi connectivity index (χ3n) is 2.29. The van der Waals surface area contributed by atoms with Gasteiger partial charge in [0, 0.05) is 0 Å². The summed E-state index contributed by atoms with van der Waals surface area (Å²) in [6.07, 6.45) is 0. The number of hydrogen-bond donors (Lipinski definition) is 2. The van der Waals surface area contributed by atoms with Gasteiger partial charge in [-0.2, -0.15) is 5.26 Å². The summed E-state index contributed by atoms with van der Waals surface area (Å²) >= 11 is 2.17. The van der Waals surface area contributed by atoms with Gasteiger partial charge in [-0.15, -0.1) is 23.1 Å². The Morgan fingerprint density at radius 1 is 1.45 bits per heavy atom. The molecule has 0 spiro atoms. The Bertz CT molecular complexity index is 812. The smallest absolute Gasteiger partial charge is 0.326 e. The predicted molar refractivity (Wildman–Crippen MR) is 75.1 cm³/mol. The maximum Gasteiger partial charge on any atom is 0.326 e. The lowest BCUT2D eigenvalue weighted by atomic mass is 10.3. The van der Waals surface area contributed by atoms with E-state index in [2.05, 4.69) is 9.97 Å². The average molecular weight is 311 g/mol. The molecule has 0 aliphatic carbocycles. The summed E-state index contributed by atoms with van der Waals surface area (Å²) in [5, 5.41) is 9.15. The molecule has 0 atom stereocenters. The van der Waals surface area contributed by atoms with Gasteiger partial charge in [-0.25, -0.2) is 4.79 Å². The number of rotatable bonds is 4. The quantitative estimate of drug-likeness (QED) is 0.637. The Labute approximate surface area is 120 Å². The summed E-state index contributed by atoms with van der Waals surface area (Å²) in [6, 6.07) is 1.94. The monoisotopic (exact) mass is 311 g/mol. The number of H-pyrrole nitrogens is 2. The summed E-state index contributed by atoms with van der Waals surface area (Å²) in [7, 11) is 0. The van der Waals surface area contributed by atoms with Gasteiger partial charge in [-0.1, -0.05) is 0 Å². The molecule has 0 amide bonds. The van der Waals surface area contributed by atoms with Crippen molar-refractivity contribution in [3.63, 3.8) is 0 Å². The van der Waals surface area contributed by atoms with Gasteiger partial charge in [-0.05, 0) is 6.92 Å². The van der Waals surface area contributed by atoms with E-state index in [0.717, 1.165) is 23.1 Å². The van der Waals surface area contributed by atoms with E-state index in [1.165, 1.54) is 0 Å². The van der Waals surface area contributed by atoms with Gasteiger partial charge in [0.15, 0.2) is 0 Å². The van der Waals surface area contributed by atoms with Crippen molar-refractivity contribution in [2.75, 3.05) is 12.4 Å². The first kappa shape index (κ1) is 14.4.